The molecule has 0 spiro atoms. The molecule has 0 aliphatic heterocycles. The molecule has 3 aliphatic rings. The average molecular weight is 304 g/mol. The third-order valence-corrected chi connectivity index (χ3v) is 6.65. The largest absolute Gasteiger partial charge is 0.345 e. The van der Waals surface area contributed by atoms with Gasteiger partial charge in [0.2, 0.25) is 5.91 Å². The van der Waals surface area contributed by atoms with E-state index in [0.717, 1.165) is 17.4 Å². The first-order valence-electron chi connectivity index (χ1n) is 8.07. The van der Waals surface area contributed by atoms with Gasteiger partial charge in [-0.1, -0.05) is 30.3 Å². The zero-order valence-electron chi connectivity index (χ0n) is 12.4. The van der Waals surface area contributed by atoms with Gasteiger partial charge < -0.3 is 5.32 Å². The Balaban J connectivity index is 1.49. The molecule has 1 amide bonds. The minimum absolute atomic E-state index is 0.230. The summed E-state index contributed by atoms with van der Waals surface area (Å²) in [5.41, 5.74) is 0.623. The second-order valence-corrected chi connectivity index (χ2v) is 7.60. The number of alkyl halides is 1. The number of fused-ring (bicyclic) bond motifs is 5. The lowest BCUT2D eigenvalue weighted by atomic mass is 9.93. The zero-order chi connectivity index (χ0) is 14.6. The van der Waals surface area contributed by atoms with Crippen LogP contribution in [0.25, 0.3) is 0 Å². The van der Waals surface area contributed by atoms with Crippen molar-refractivity contribution in [1.29, 1.82) is 0 Å². The van der Waals surface area contributed by atoms with Gasteiger partial charge in [-0.05, 0) is 55.4 Å². The molecule has 2 bridgehead atoms. The lowest BCUT2D eigenvalue weighted by molar-refractivity contribution is -0.125. The number of carbonyl (C=O) groups is 1. The molecule has 0 saturated heterocycles. The predicted octanol–water partition coefficient (Wildman–Crippen LogP) is 3.55. The molecule has 2 nitrogen and oxygen atoms in total. The van der Waals surface area contributed by atoms with Crippen LogP contribution in [-0.2, 0) is 10.3 Å². The Morgan fingerprint density at radius 1 is 1.24 bits per heavy atom. The molecular weight excluding hydrogens is 282 g/mol. The molecule has 21 heavy (non-hydrogen) atoms. The van der Waals surface area contributed by atoms with Crippen LogP contribution >= 0.6 is 11.6 Å². The summed E-state index contributed by atoms with van der Waals surface area (Å²) in [6.45, 7) is 2.03. The van der Waals surface area contributed by atoms with Gasteiger partial charge in [0.25, 0.3) is 0 Å². The van der Waals surface area contributed by atoms with Gasteiger partial charge in [0, 0.05) is 11.8 Å². The normalized spacial score (nSPS) is 38.7. The standard InChI is InChI=1S/C18H22ClNO/c1-18(10-19,13-5-3-2-4-6-13)20-17(21)16-14-11-7-8-12(9-11)15(14)16/h2-6,11-12,14-16H,7-10H2,1H3,(H,20,21). The predicted molar refractivity (Wildman–Crippen MR) is 84.0 cm³/mol. The van der Waals surface area contributed by atoms with Gasteiger partial charge in [-0.25, -0.2) is 0 Å². The van der Waals surface area contributed by atoms with E-state index in [-0.39, 0.29) is 11.8 Å². The topological polar surface area (TPSA) is 29.1 Å². The second kappa shape index (κ2) is 4.74. The van der Waals surface area contributed by atoms with E-state index in [4.69, 9.17) is 11.6 Å². The fourth-order valence-electron chi connectivity index (χ4n) is 5.02. The molecule has 4 rings (SSSR count). The monoisotopic (exact) mass is 303 g/mol. The van der Waals surface area contributed by atoms with Crippen molar-refractivity contribution >= 4 is 17.5 Å². The minimum Gasteiger partial charge on any atom is -0.345 e. The maximum absolute atomic E-state index is 12.7. The fraction of sp³-hybridized carbons (Fsp3) is 0.611. The molecule has 1 aromatic rings. The summed E-state index contributed by atoms with van der Waals surface area (Å²) in [6, 6.07) is 10.1. The van der Waals surface area contributed by atoms with Crippen molar-refractivity contribution in [3.63, 3.8) is 0 Å². The Bertz CT molecular complexity index is 544. The van der Waals surface area contributed by atoms with Gasteiger partial charge in [0.15, 0.2) is 0 Å². The van der Waals surface area contributed by atoms with E-state index in [1.165, 1.54) is 19.3 Å². The van der Waals surface area contributed by atoms with Crippen molar-refractivity contribution in [2.45, 2.75) is 31.7 Å². The number of amides is 1. The quantitative estimate of drug-likeness (QED) is 0.847. The summed E-state index contributed by atoms with van der Waals surface area (Å²) in [5.74, 6) is 3.91. The first kappa shape index (κ1) is 13.6. The van der Waals surface area contributed by atoms with Crippen molar-refractivity contribution < 1.29 is 4.79 Å². The molecule has 3 heteroatoms. The smallest absolute Gasteiger partial charge is 0.224 e. The first-order chi connectivity index (χ1) is 10.1. The second-order valence-electron chi connectivity index (χ2n) is 7.33. The van der Waals surface area contributed by atoms with Crippen molar-refractivity contribution in [2.75, 3.05) is 5.88 Å². The maximum Gasteiger partial charge on any atom is 0.224 e. The molecule has 112 valence electrons. The SMILES string of the molecule is CC(CCl)(NC(=O)C1C2C3CCC(C3)C12)c1ccccc1. The highest BCUT2D eigenvalue weighted by Crippen LogP contribution is 2.69. The van der Waals surface area contributed by atoms with Crippen LogP contribution < -0.4 is 5.32 Å². The lowest BCUT2D eigenvalue weighted by Crippen LogP contribution is -2.46. The molecule has 0 radical (unpaired) electrons. The van der Waals surface area contributed by atoms with Gasteiger partial charge in [-0.2, -0.15) is 0 Å². The molecule has 5 unspecified atom stereocenters. The highest BCUT2D eigenvalue weighted by molar-refractivity contribution is 6.18. The number of hydrogen-bond donors (Lipinski definition) is 1. The Kier molecular flexibility index (Phi) is 3.08. The summed E-state index contributed by atoms with van der Waals surface area (Å²) < 4.78 is 0. The summed E-state index contributed by atoms with van der Waals surface area (Å²) in [6.07, 6.45) is 4.08. The third kappa shape index (κ3) is 2.03. The lowest BCUT2D eigenvalue weighted by Gasteiger charge is -2.30. The Morgan fingerprint density at radius 2 is 1.86 bits per heavy atom. The van der Waals surface area contributed by atoms with Gasteiger partial charge >= 0.3 is 0 Å². The molecule has 1 N–H and O–H groups in total. The van der Waals surface area contributed by atoms with Crippen molar-refractivity contribution in [2.24, 2.45) is 29.6 Å². The molecule has 3 aliphatic carbocycles. The highest BCUT2D eigenvalue weighted by Gasteiger charge is 2.67. The van der Waals surface area contributed by atoms with Crippen molar-refractivity contribution in [3.05, 3.63) is 35.9 Å². The Hall–Kier alpha value is -1.02. The maximum atomic E-state index is 12.7. The number of benzene rings is 1. The van der Waals surface area contributed by atoms with Crippen LogP contribution in [-0.4, -0.2) is 11.8 Å². The van der Waals surface area contributed by atoms with E-state index in [1.54, 1.807) is 0 Å². The minimum atomic E-state index is -0.462. The van der Waals surface area contributed by atoms with E-state index in [9.17, 15) is 4.79 Å². The Morgan fingerprint density at radius 3 is 2.43 bits per heavy atom. The van der Waals surface area contributed by atoms with Gasteiger partial charge in [0.05, 0.1) is 5.54 Å². The zero-order valence-corrected chi connectivity index (χ0v) is 13.1. The number of halogens is 1. The fourth-order valence-corrected chi connectivity index (χ4v) is 5.24. The van der Waals surface area contributed by atoms with Gasteiger partial charge in [-0.3, -0.25) is 4.79 Å². The Labute approximate surface area is 131 Å². The number of rotatable bonds is 4. The third-order valence-electron chi connectivity index (χ3n) is 6.12. The van der Waals surface area contributed by atoms with E-state index >= 15 is 0 Å². The van der Waals surface area contributed by atoms with Gasteiger partial charge in [0.1, 0.15) is 0 Å². The van der Waals surface area contributed by atoms with E-state index < -0.39 is 5.54 Å². The van der Waals surface area contributed by atoms with E-state index in [2.05, 4.69) is 5.32 Å². The van der Waals surface area contributed by atoms with Crippen LogP contribution in [0.5, 0.6) is 0 Å². The summed E-state index contributed by atoms with van der Waals surface area (Å²) in [4.78, 5) is 12.7. The molecule has 0 heterocycles. The summed E-state index contributed by atoms with van der Waals surface area (Å²) >= 11 is 6.19. The van der Waals surface area contributed by atoms with Crippen LogP contribution in [0.2, 0.25) is 0 Å². The van der Waals surface area contributed by atoms with Gasteiger partial charge in [-0.15, -0.1) is 11.6 Å². The van der Waals surface area contributed by atoms with Crippen LogP contribution in [0.3, 0.4) is 0 Å². The number of carbonyl (C=O) groups excluding carboxylic acids is 1. The molecule has 3 fully saturated rings. The molecule has 5 atom stereocenters. The summed E-state index contributed by atoms with van der Waals surface area (Å²) in [5, 5.41) is 3.25. The number of nitrogens with one attached hydrogen (secondary N) is 1. The van der Waals surface area contributed by atoms with Crippen LogP contribution in [0.15, 0.2) is 30.3 Å². The number of hydrogen-bond acceptors (Lipinski definition) is 1. The molecule has 1 aromatic carbocycles. The van der Waals surface area contributed by atoms with Crippen molar-refractivity contribution in [1.82, 2.24) is 5.32 Å². The molecule has 0 aromatic heterocycles. The van der Waals surface area contributed by atoms with Crippen LogP contribution in [0, 0.1) is 29.6 Å². The van der Waals surface area contributed by atoms with Crippen LogP contribution in [0.4, 0.5) is 0 Å². The summed E-state index contributed by atoms with van der Waals surface area (Å²) in [7, 11) is 0. The van der Waals surface area contributed by atoms with Crippen LogP contribution in [0.1, 0.15) is 31.7 Å². The highest BCUT2D eigenvalue weighted by atomic mass is 35.5. The van der Waals surface area contributed by atoms with E-state index in [0.29, 0.717) is 17.7 Å². The molecule has 3 saturated carbocycles. The van der Waals surface area contributed by atoms with E-state index in [1.807, 2.05) is 37.3 Å². The first-order valence-corrected chi connectivity index (χ1v) is 8.61. The van der Waals surface area contributed by atoms with Crippen molar-refractivity contribution in [3.8, 4) is 0 Å². The average Bonchev–Trinajstić information content (AvgIpc) is 2.97. The molecular formula is C18H22ClNO.